The molecule has 3 rings (SSSR count). The topological polar surface area (TPSA) is 140 Å². The molecule has 28 heavy (non-hydrogen) atoms. The summed E-state index contributed by atoms with van der Waals surface area (Å²) in [6.07, 6.45) is -3.23. The number of benzene rings is 2. The van der Waals surface area contributed by atoms with E-state index in [1.807, 2.05) is 0 Å². The molecule has 5 atom stereocenters. The molecule has 8 heteroatoms. The van der Waals surface area contributed by atoms with E-state index in [-0.39, 0.29) is 22.8 Å². The lowest BCUT2D eigenvalue weighted by Crippen LogP contribution is -2.58. The zero-order valence-corrected chi connectivity index (χ0v) is 15.0. The van der Waals surface area contributed by atoms with Crippen LogP contribution in [0.5, 0.6) is 23.0 Å². The minimum atomic E-state index is -1.55. The number of phenolic OH excluding ortho intramolecular Hbond substituents is 3. The molecule has 0 bridgehead atoms. The molecule has 1 aliphatic heterocycles. The molecule has 0 unspecified atom stereocenters. The quantitative estimate of drug-likeness (QED) is 0.428. The highest BCUT2D eigenvalue weighted by Gasteiger charge is 2.43. The van der Waals surface area contributed by atoms with E-state index >= 15 is 0 Å². The van der Waals surface area contributed by atoms with E-state index in [9.17, 15) is 30.6 Å². The molecule has 1 saturated heterocycles. The number of aliphatic hydroxyl groups excluding tert-OH is 3. The Morgan fingerprint density at radius 2 is 1.54 bits per heavy atom. The van der Waals surface area contributed by atoms with Crippen LogP contribution in [0.1, 0.15) is 18.1 Å². The first-order chi connectivity index (χ1) is 13.3. The summed E-state index contributed by atoms with van der Waals surface area (Å²) in [4.78, 5) is 0. The van der Waals surface area contributed by atoms with Gasteiger partial charge in [-0.1, -0.05) is 24.3 Å². The van der Waals surface area contributed by atoms with E-state index in [1.54, 1.807) is 24.3 Å². The van der Waals surface area contributed by atoms with E-state index in [0.717, 1.165) is 11.6 Å². The third-order valence-electron chi connectivity index (χ3n) is 4.47. The lowest BCUT2D eigenvalue weighted by atomic mass is 10.00. The molecule has 0 aliphatic carbocycles. The highest BCUT2D eigenvalue weighted by atomic mass is 16.7. The minimum Gasteiger partial charge on any atom is -0.508 e. The van der Waals surface area contributed by atoms with Crippen LogP contribution in [-0.4, -0.2) is 61.3 Å². The van der Waals surface area contributed by atoms with E-state index in [2.05, 4.69) is 0 Å². The Morgan fingerprint density at radius 1 is 0.857 bits per heavy atom. The molecule has 0 spiro atoms. The van der Waals surface area contributed by atoms with Gasteiger partial charge in [0.15, 0.2) is 11.5 Å². The normalized spacial score (nSPS) is 27.8. The third kappa shape index (κ3) is 4.20. The molecule has 0 saturated carbocycles. The van der Waals surface area contributed by atoms with Crippen LogP contribution < -0.4 is 4.74 Å². The highest BCUT2D eigenvalue weighted by molar-refractivity contribution is 5.75. The summed E-state index contributed by atoms with van der Waals surface area (Å²) in [5, 5.41) is 59.2. The number of hydrogen-bond donors (Lipinski definition) is 6. The van der Waals surface area contributed by atoms with Crippen LogP contribution in [0.15, 0.2) is 36.4 Å². The van der Waals surface area contributed by atoms with Crippen molar-refractivity contribution in [1.29, 1.82) is 0 Å². The molecular weight excluding hydrogens is 368 g/mol. The van der Waals surface area contributed by atoms with Crippen molar-refractivity contribution in [3.05, 3.63) is 47.5 Å². The van der Waals surface area contributed by atoms with Crippen molar-refractivity contribution < 1.29 is 40.1 Å². The number of phenols is 3. The fraction of sp³-hybridized carbons (Fsp3) is 0.300. The van der Waals surface area contributed by atoms with Gasteiger partial charge < -0.3 is 40.1 Å². The van der Waals surface area contributed by atoms with E-state index in [0.29, 0.717) is 0 Å². The fourth-order valence-corrected chi connectivity index (χ4v) is 2.87. The molecule has 6 N–H and O–H groups in total. The Balaban J connectivity index is 1.89. The maximum atomic E-state index is 10.2. The van der Waals surface area contributed by atoms with E-state index < -0.39 is 36.5 Å². The molecular formula is C20H22O8. The van der Waals surface area contributed by atoms with Gasteiger partial charge in [-0.25, -0.2) is 0 Å². The second-order valence-corrected chi connectivity index (χ2v) is 6.61. The Morgan fingerprint density at radius 3 is 2.21 bits per heavy atom. The van der Waals surface area contributed by atoms with Crippen molar-refractivity contribution in [2.45, 2.75) is 37.6 Å². The number of aliphatic hydroxyl groups is 3. The van der Waals surface area contributed by atoms with Gasteiger partial charge in [0.05, 0.1) is 6.10 Å². The Bertz CT molecular complexity index is 848. The predicted molar refractivity (Wildman–Crippen MR) is 99.8 cm³/mol. The Hall–Kier alpha value is -2.78. The van der Waals surface area contributed by atoms with Crippen molar-refractivity contribution in [2.24, 2.45) is 0 Å². The average Bonchev–Trinajstić information content (AvgIpc) is 2.66. The van der Waals surface area contributed by atoms with Gasteiger partial charge in [-0.2, -0.15) is 0 Å². The van der Waals surface area contributed by atoms with Crippen molar-refractivity contribution in [2.75, 3.05) is 0 Å². The number of hydrogen-bond acceptors (Lipinski definition) is 8. The first kappa shape index (κ1) is 20.0. The summed E-state index contributed by atoms with van der Waals surface area (Å²) in [5.41, 5.74) is 1.03. The average molecular weight is 390 g/mol. The van der Waals surface area contributed by atoms with Crippen LogP contribution >= 0.6 is 0 Å². The largest absolute Gasteiger partial charge is 0.508 e. The second kappa shape index (κ2) is 8.07. The van der Waals surface area contributed by atoms with Crippen LogP contribution in [0.2, 0.25) is 0 Å². The molecule has 150 valence electrons. The van der Waals surface area contributed by atoms with Gasteiger partial charge in [-0.3, -0.25) is 0 Å². The van der Waals surface area contributed by atoms with E-state index in [4.69, 9.17) is 9.47 Å². The first-order valence-electron chi connectivity index (χ1n) is 8.65. The summed E-state index contributed by atoms with van der Waals surface area (Å²) >= 11 is 0. The zero-order valence-electron chi connectivity index (χ0n) is 15.0. The SMILES string of the molecule is C[C@@H]1O[C@@H](Oc2c(O)cc(O)cc2/C=C/c2ccc(O)cc2)[C@H](O)[C@H](O)[C@H]1O. The van der Waals surface area contributed by atoms with Gasteiger partial charge in [-0.05, 0) is 30.7 Å². The molecule has 1 heterocycles. The van der Waals surface area contributed by atoms with Gasteiger partial charge in [0.2, 0.25) is 6.29 Å². The van der Waals surface area contributed by atoms with Gasteiger partial charge in [-0.15, -0.1) is 0 Å². The number of aromatic hydroxyl groups is 3. The molecule has 2 aromatic carbocycles. The molecule has 0 radical (unpaired) electrons. The molecule has 0 amide bonds. The van der Waals surface area contributed by atoms with Crippen LogP contribution in [0.3, 0.4) is 0 Å². The van der Waals surface area contributed by atoms with Crippen molar-refractivity contribution in [3.63, 3.8) is 0 Å². The Kier molecular flexibility index (Phi) is 5.76. The zero-order chi connectivity index (χ0) is 20.4. The van der Waals surface area contributed by atoms with Crippen LogP contribution in [0.4, 0.5) is 0 Å². The lowest BCUT2D eigenvalue weighted by Gasteiger charge is -2.39. The van der Waals surface area contributed by atoms with Gasteiger partial charge in [0.25, 0.3) is 0 Å². The van der Waals surface area contributed by atoms with Gasteiger partial charge in [0.1, 0.15) is 29.8 Å². The highest BCUT2D eigenvalue weighted by Crippen LogP contribution is 2.38. The number of rotatable bonds is 4. The summed E-state index contributed by atoms with van der Waals surface area (Å²) in [6.45, 7) is 1.51. The van der Waals surface area contributed by atoms with Crippen molar-refractivity contribution >= 4 is 12.2 Å². The van der Waals surface area contributed by atoms with Crippen molar-refractivity contribution in [3.8, 4) is 23.0 Å². The second-order valence-electron chi connectivity index (χ2n) is 6.61. The molecule has 2 aromatic rings. The first-order valence-corrected chi connectivity index (χ1v) is 8.65. The number of ether oxygens (including phenoxy) is 2. The van der Waals surface area contributed by atoms with Crippen molar-refractivity contribution in [1.82, 2.24) is 0 Å². The molecule has 1 fully saturated rings. The standard InChI is InChI=1S/C20H22O8/c1-10-16(24)17(25)18(26)20(27-10)28-19-12(8-14(22)9-15(19)23)5-2-11-3-6-13(21)7-4-11/h2-10,16-18,20-26H,1H3/b5-2+/t10-,16-,17+,18+,20-/m0/s1. The van der Waals surface area contributed by atoms with Crippen LogP contribution in [0, 0.1) is 0 Å². The Labute approximate surface area is 161 Å². The van der Waals surface area contributed by atoms with E-state index in [1.165, 1.54) is 25.1 Å². The maximum absolute atomic E-state index is 10.2. The third-order valence-corrected chi connectivity index (χ3v) is 4.47. The molecule has 0 aromatic heterocycles. The summed E-state index contributed by atoms with van der Waals surface area (Å²) in [6, 6.07) is 8.77. The smallest absolute Gasteiger partial charge is 0.229 e. The monoisotopic (exact) mass is 390 g/mol. The molecule has 1 aliphatic rings. The van der Waals surface area contributed by atoms with Gasteiger partial charge in [0, 0.05) is 11.6 Å². The molecule has 8 nitrogen and oxygen atoms in total. The van der Waals surface area contributed by atoms with Crippen LogP contribution in [0.25, 0.3) is 12.2 Å². The predicted octanol–water partition coefficient (Wildman–Crippen LogP) is 1.18. The van der Waals surface area contributed by atoms with Gasteiger partial charge >= 0.3 is 0 Å². The summed E-state index contributed by atoms with van der Waals surface area (Å²) < 4.78 is 11.0. The summed E-state index contributed by atoms with van der Waals surface area (Å²) in [7, 11) is 0. The summed E-state index contributed by atoms with van der Waals surface area (Å²) in [5.74, 6) is -0.555. The fourth-order valence-electron chi connectivity index (χ4n) is 2.87. The minimum absolute atomic E-state index is 0.0762. The maximum Gasteiger partial charge on any atom is 0.229 e. The lowest BCUT2D eigenvalue weighted by molar-refractivity contribution is -0.268. The van der Waals surface area contributed by atoms with Crippen LogP contribution in [-0.2, 0) is 4.74 Å².